The van der Waals surface area contributed by atoms with Crippen molar-refractivity contribution in [3.8, 4) is 0 Å². The first-order chi connectivity index (χ1) is 6.13. The molecule has 0 saturated carbocycles. The van der Waals surface area contributed by atoms with Crippen LogP contribution in [0, 0.1) is 5.82 Å². The third-order valence-electron chi connectivity index (χ3n) is 1.68. The molecule has 0 unspecified atom stereocenters. The van der Waals surface area contributed by atoms with Crippen LogP contribution in [0.2, 0.25) is 5.02 Å². The summed E-state index contributed by atoms with van der Waals surface area (Å²) in [5, 5.41) is 0.141. The van der Waals surface area contributed by atoms with Crippen molar-refractivity contribution in [1.29, 1.82) is 0 Å². The molecule has 0 saturated heterocycles. The summed E-state index contributed by atoms with van der Waals surface area (Å²) in [6.07, 6.45) is 1.83. The van der Waals surface area contributed by atoms with Crippen LogP contribution in [-0.2, 0) is 0 Å². The van der Waals surface area contributed by atoms with Crippen molar-refractivity contribution in [3.05, 3.63) is 40.2 Å². The molecule has 70 valence electrons. The molecule has 0 atom stereocenters. The van der Waals surface area contributed by atoms with E-state index in [4.69, 9.17) is 17.3 Å². The van der Waals surface area contributed by atoms with Gasteiger partial charge in [0.1, 0.15) is 5.82 Å². The third-order valence-corrected chi connectivity index (χ3v) is 1.99. The quantitative estimate of drug-likeness (QED) is 0.779. The van der Waals surface area contributed by atoms with Gasteiger partial charge in [-0.05, 0) is 24.6 Å². The Balaban J connectivity index is 2.98. The second kappa shape index (κ2) is 4.40. The molecule has 0 fully saturated rings. The Hall–Kier alpha value is -0.860. The lowest BCUT2D eigenvalue weighted by Gasteiger charge is -1.98. The molecule has 0 radical (unpaired) electrons. The molecule has 1 aromatic carbocycles. The molecule has 0 aliphatic rings. The second-order valence-corrected chi connectivity index (χ2v) is 3.28. The van der Waals surface area contributed by atoms with Gasteiger partial charge in [0.2, 0.25) is 0 Å². The SMILES string of the molecule is C/C(=C/c1ccc(Cl)c(F)c1)CN. The largest absolute Gasteiger partial charge is 0.327 e. The molecule has 0 spiro atoms. The van der Waals surface area contributed by atoms with Crippen LogP contribution in [0.15, 0.2) is 23.8 Å². The lowest BCUT2D eigenvalue weighted by Crippen LogP contribution is -1.99. The molecule has 0 amide bonds. The van der Waals surface area contributed by atoms with E-state index in [1.807, 2.05) is 13.0 Å². The van der Waals surface area contributed by atoms with E-state index >= 15 is 0 Å². The minimum Gasteiger partial charge on any atom is -0.327 e. The summed E-state index contributed by atoms with van der Waals surface area (Å²) in [4.78, 5) is 0. The summed E-state index contributed by atoms with van der Waals surface area (Å²) >= 11 is 5.53. The molecule has 0 aliphatic carbocycles. The van der Waals surface area contributed by atoms with Crippen molar-refractivity contribution >= 4 is 17.7 Å². The molecule has 0 bridgehead atoms. The summed E-state index contributed by atoms with van der Waals surface area (Å²) in [5.74, 6) is -0.403. The highest BCUT2D eigenvalue weighted by atomic mass is 35.5. The highest BCUT2D eigenvalue weighted by Crippen LogP contribution is 2.17. The van der Waals surface area contributed by atoms with Gasteiger partial charge in [0.25, 0.3) is 0 Å². The maximum absolute atomic E-state index is 12.9. The molecular formula is C10H11ClFN. The number of nitrogens with two attached hydrogens (primary N) is 1. The van der Waals surface area contributed by atoms with Crippen LogP contribution in [0.1, 0.15) is 12.5 Å². The fourth-order valence-electron chi connectivity index (χ4n) is 0.946. The minimum atomic E-state index is -0.403. The Kier molecular flexibility index (Phi) is 3.46. The number of halogens is 2. The topological polar surface area (TPSA) is 26.0 Å². The summed E-state index contributed by atoms with van der Waals surface area (Å²) in [5.41, 5.74) is 7.18. The standard InChI is InChI=1S/C10H11ClFN/c1-7(6-13)4-8-2-3-9(11)10(12)5-8/h2-5H,6,13H2,1H3/b7-4-. The molecule has 0 aromatic heterocycles. The lowest BCUT2D eigenvalue weighted by atomic mass is 10.1. The van der Waals surface area contributed by atoms with E-state index in [9.17, 15) is 4.39 Å². The summed E-state index contributed by atoms with van der Waals surface area (Å²) in [6.45, 7) is 2.37. The molecule has 0 aliphatic heterocycles. The first-order valence-electron chi connectivity index (χ1n) is 3.96. The van der Waals surface area contributed by atoms with E-state index in [0.29, 0.717) is 6.54 Å². The third kappa shape index (κ3) is 2.83. The minimum absolute atomic E-state index is 0.141. The predicted molar refractivity (Wildman–Crippen MR) is 54.1 cm³/mol. The van der Waals surface area contributed by atoms with E-state index < -0.39 is 5.82 Å². The van der Waals surface area contributed by atoms with Gasteiger partial charge in [-0.25, -0.2) is 4.39 Å². The average molecular weight is 200 g/mol. The molecule has 13 heavy (non-hydrogen) atoms. The van der Waals surface area contributed by atoms with Crippen molar-refractivity contribution in [1.82, 2.24) is 0 Å². The van der Waals surface area contributed by atoms with Gasteiger partial charge < -0.3 is 5.73 Å². The van der Waals surface area contributed by atoms with E-state index in [2.05, 4.69) is 0 Å². The van der Waals surface area contributed by atoms with Gasteiger partial charge in [-0.2, -0.15) is 0 Å². The zero-order chi connectivity index (χ0) is 9.84. The zero-order valence-electron chi connectivity index (χ0n) is 7.35. The maximum atomic E-state index is 12.9. The molecule has 3 heteroatoms. The van der Waals surface area contributed by atoms with Crippen LogP contribution in [0.25, 0.3) is 6.08 Å². The first-order valence-corrected chi connectivity index (χ1v) is 4.33. The van der Waals surface area contributed by atoms with Crippen molar-refractivity contribution in [2.75, 3.05) is 6.54 Å². The monoisotopic (exact) mass is 199 g/mol. The average Bonchev–Trinajstić information content (AvgIpc) is 2.11. The first kappa shape index (κ1) is 10.2. The Morgan fingerprint density at radius 1 is 1.62 bits per heavy atom. The van der Waals surface area contributed by atoms with Crippen molar-refractivity contribution in [2.45, 2.75) is 6.92 Å². The smallest absolute Gasteiger partial charge is 0.142 e. The molecule has 0 heterocycles. The summed E-state index contributed by atoms with van der Waals surface area (Å²) in [7, 11) is 0. The van der Waals surface area contributed by atoms with Gasteiger partial charge in [-0.3, -0.25) is 0 Å². The molecule has 2 N–H and O–H groups in total. The van der Waals surface area contributed by atoms with Crippen LogP contribution >= 0.6 is 11.6 Å². The van der Waals surface area contributed by atoms with Gasteiger partial charge in [0, 0.05) is 6.54 Å². The van der Waals surface area contributed by atoms with E-state index in [-0.39, 0.29) is 5.02 Å². The van der Waals surface area contributed by atoms with Crippen LogP contribution in [-0.4, -0.2) is 6.54 Å². The zero-order valence-corrected chi connectivity index (χ0v) is 8.11. The fraction of sp³-hybridized carbons (Fsp3) is 0.200. The summed E-state index contributed by atoms with van der Waals surface area (Å²) in [6, 6.07) is 4.68. The number of rotatable bonds is 2. The Labute approximate surface area is 82.0 Å². The van der Waals surface area contributed by atoms with Gasteiger partial charge >= 0.3 is 0 Å². The van der Waals surface area contributed by atoms with Crippen molar-refractivity contribution < 1.29 is 4.39 Å². The lowest BCUT2D eigenvalue weighted by molar-refractivity contribution is 0.628. The van der Waals surface area contributed by atoms with Gasteiger partial charge in [-0.1, -0.05) is 29.3 Å². The van der Waals surface area contributed by atoms with E-state index in [1.165, 1.54) is 12.1 Å². The second-order valence-electron chi connectivity index (χ2n) is 2.87. The van der Waals surface area contributed by atoms with Crippen LogP contribution in [0.4, 0.5) is 4.39 Å². The maximum Gasteiger partial charge on any atom is 0.142 e. The highest BCUT2D eigenvalue weighted by molar-refractivity contribution is 6.30. The normalized spacial score (nSPS) is 11.8. The highest BCUT2D eigenvalue weighted by Gasteiger charge is 1.98. The van der Waals surface area contributed by atoms with E-state index in [0.717, 1.165) is 11.1 Å². The summed E-state index contributed by atoms with van der Waals surface area (Å²) < 4.78 is 12.9. The fourth-order valence-corrected chi connectivity index (χ4v) is 1.06. The number of hydrogen-bond acceptors (Lipinski definition) is 1. The molecular weight excluding hydrogens is 189 g/mol. The van der Waals surface area contributed by atoms with Crippen molar-refractivity contribution in [2.24, 2.45) is 5.73 Å². The Morgan fingerprint density at radius 2 is 2.31 bits per heavy atom. The predicted octanol–water partition coefficient (Wildman–Crippen LogP) is 2.84. The molecule has 1 aromatic rings. The molecule has 1 nitrogen and oxygen atoms in total. The number of benzene rings is 1. The van der Waals surface area contributed by atoms with Gasteiger partial charge in [0.05, 0.1) is 5.02 Å². The molecule has 1 rings (SSSR count). The Morgan fingerprint density at radius 3 is 2.85 bits per heavy atom. The van der Waals surface area contributed by atoms with Crippen LogP contribution in [0.3, 0.4) is 0 Å². The number of hydrogen-bond donors (Lipinski definition) is 1. The Bertz CT molecular complexity index is 334. The van der Waals surface area contributed by atoms with Crippen LogP contribution in [0.5, 0.6) is 0 Å². The van der Waals surface area contributed by atoms with Crippen molar-refractivity contribution in [3.63, 3.8) is 0 Å². The van der Waals surface area contributed by atoms with Gasteiger partial charge in [-0.15, -0.1) is 0 Å². The van der Waals surface area contributed by atoms with Crippen LogP contribution < -0.4 is 5.73 Å². The van der Waals surface area contributed by atoms with E-state index in [1.54, 1.807) is 6.07 Å². The van der Waals surface area contributed by atoms with Gasteiger partial charge in [0.15, 0.2) is 0 Å².